The summed E-state index contributed by atoms with van der Waals surface area (Å²) in [6, 6.07) is 3.88. The Labute approximate surface area is 85.5 Å². The van der Waals surface area contributed by atoms with Gasteiger partial charge in [-0.25, -0.2) is 4.98 Å². The van der Waals surface area contributed by atoms with Crippen molar-refractivity contribution in [2.45, 2.75) is 6.42 Å². The largest absolute Gasteiger partial charge is 0.370 e. The second-order valence-electron chi connectivity index (χ2n) is 2.33. The number of pyridine rings is 1. The van der Waals surface area contributed by atoms with Gasteiger partial charge in [-0.05, 0) is 34.5 Å². The minimum atomic E-state index is 0.684. The smallest absolute Gasteiger partial charge is 0.125 e. The average Bonchev–Trinajstić information content (AvgIpc) is 2.09. The van der Waals surface area contributed by atoms with Crippen molar-refractivity contribution < 1.29 is 0 Å². The second-order valence-corrected chi connectivity index (χ2v) is 3.62. The van der Waals surface area contributed by atoms with E-state index in [-0.39, 0.29) is 0 Å². The molecule has 0 aliphatic heterocycles. The molecule has 0 aliphatic rings. The van der Waals surface area contributed by atoms with Gasteiger partial charge in [0.25, 0.3) is 0 Å². The molecule has 1 heterocycles. The maximum Gasteiger partial charge on any atom is 0.125 e. The molecule has 1 N–H and O–H groups in total. The SMILES string of the molecule is ClCCCNc1ccc(Br)cn1. The summed E-state index contributed by atoms with van der Waals surface area (Å²) in [6.07, 6.45) is 2.72. The predicted molar refractivity (Wildman–Crippen MR) is 55.8 cm³/mol. The van der Waals surface area contributed by atoms with Crippen LogP contribution in [-0.2, 0) is 0 Å². The molecule has 0 aliphatic carbocycles. The highest BCUT2D eigenvalue weighted by atomic mass is 79.9. The van der Waals surface area contributed by atoms with E-state index in [4.69, 9.17) is 11.6 Å². The number of hydrogen-bond acceptors (Lipinski definition) is 2. The van der Waals surface area contributed by atoms with Gasteiger partial charge in [0, 0.05) is 23.1 Å². The molecule has 4 heteroatoms. The zero-order valence-corrected chi connectivity index (χ0v) is 8.90. The Morgan fingerprint density at radius 2 is 2.33 bits per heavy atom. The number of rotatable bonds is 4. The summed E-state index contributed by atoms with van der Waals surface area (Å²) in [6.45, 7) is 0.873. The van der Waals surface area contributed by atoms with Crippen LogP contribution in [-0.4, -0.2) is 17.4 Å². The molecule has 0 aromatic carbocycles. The number of hydrogen-bond donors (Lipinski definition) is 1. The fourth-order valence-electron chi connectivity index (χ4n) is 0.764. The molecule has 2 nitrogen and oxygen atoms in total. The Morgan fingerprint density at radius 3 is 2.92 bits per heavy atom. The summed E-state index contributed by atoms with van der Waals surface area (Å²) >= 11 is 8.84. The number of halogens is 2. The van der Waals surface area contributed by atoms with E-state index in [0.29, 0.717) is 5.88 Å². The first-order valence-electron chi connectivity index (χ1n) is 3.74. The summed E-state index contributed by atoms with van der Waals surface area (Å²) in [5.41, 5.74) is 0. The van der Waals surface area contributed by atoms with Crippen molar-refractivity contribution in [2.75, 3.05) is 17.7 Å². The van der Waals surface area contributed by atoms with Crippen LogP contribution in [0.15, 0.2) is 22.8 Å². The zero-order chi connectivity index (χ0) is 8.81. The lowest BCUT2D eigenvalue weighted by molar-refractivity contribution is 0.976. The van der Waals surface area contributed by atoms with Crippen LogP contribution >= 0.6 is 27.5 Å². The van der Waals surface area contributed by atoms with E-state index in [1.165, 1.54) is 0 Å². The Kier molecular flexibility index (Phi) is 4.40. The van der Waals surface area contributed by atoms with Crippen molar-refractivity contribution in [3.8, 4) is 0 Å². The Hall–Kier alpha value is -0.280. The fourth-order valence-corrected chi connectivity index (χ4v) is 1.13. The van der Waals surface area contributed by atoms with E-state index in [0.717, 1.165) is 23.3 Å². The molecule has 12 heavy (non-hydrogen) atoms. The van der Waals surface area contributed by atoms with Gasteiger partial charge in [0.2, 0.25) is 0 Å². The van der Waals surface area contributed by atoms with Gasteiger partial charge >= 0.3 is 0 Å². The van der Waals surface area contributed by atoms with Crippen molar-refractivity contribution in [2.24, 2.45) is 0 Å². The maximum atomic E-state index is 5.53. The molecule has 66 valence electrons. The minimum absolute atomic E-state index is 0.684. The van der Waals surface area contributed by atoms with Crippen LogP contribution in [0.4, 0.5) is 5.82 Å². The van der Waals surface area contributed by atoms with Crippen LogP contribution in [0.1, 0.15) is 6.42 Å². The van der Waals surface area contributed by atoms with Gasteiger partial charge in [0.1, 0.15) is 5.82 Å². The highest BCUT2D eigenvalue weighted by Gasteiger charge is 1.91. The number of nitrogens with zero attached hydrogens (tertiary/aromatic N) is 1. The summed E-state index contributed by atoms with van der Waals surface area (Å²) < 4.78 is 0.991. The molecular weight excluding hydrogens is 239 g/mol. The van der Waals surface area contributed by atoms with Gasteiger partial charge in [0.05, 0.1) is 0 Å². The Balaban J connectivity index is 2.37. The van der Waals surface area contributed by atoms with E-state index >= 15 is 0 Å². The Morgan fingerprint density at radius 1 is 1.50 bits per heavy atom. The monoisotopic (exact) mass is 248 g/mol. The number of aromatic nitrogens is 1. The van der Waals surface area contributed by atoms with Crippen molar-refractivity contribution >= 4 is 33.3 Å². The van der Waals surface area contributed by atoms with Gasteiger partial charge in [-0.1, -0.05) is 0 Å². The van der Waals surface area contributed by atoms with Crippen molar-refractivity contribution in [1.29, 1.82) is 0 Å². The van der Waals surface area contributed by atoms with Gasteiger partial charge in [-0.2, -0.15) is 0 Å². The lowest BCUT2D eigenvalue weighted by Crippen LogP contribution is -2.03. The lowest BCUT2D eigenvalue weighted by atomic mass is 10.4. The molecule has 0 bridgehead atoms. The summed E-state index contributed by atoms with van der Waals surface area (Å²) in [5.74, 6) is 1.58. The zero-order valence-electron chi connectivity index (χ0n) is 6.56. The number of anilines is 1. The highest BCUT2D eigenvalue weighted by Crippen LogP contribution is 2.10. The number of nitrogens with one attached hydrogen (secondary N) is 1. The molecule has 0 spiro atoms. The molecule has 1 rings (SSSR count). The van der Waals surface area contributed by atoms with E-state index in [9.17, 15) is 0 Å². The fraction of sp³-hybridized carbons (Fsp3) is 0.375. The first-order chi connectivity index (χ1) is 5.83. The molecule has 0 amide bonds. The maximum absolute atomic E-state index is 5.53. The first kappa shape index (κ1) is 9.81. The minimum Gasteiger partial charge on any atom is -0.370 e. The standard InChI is InChI=1S/C8H10BrClN2/c9-7-2-3-8(12-6-7)11-5-1-4-10/h2-3,6H,1,4-5H2,(H,11,12). The van der Waals surface area contributed by atoms with Crippen LogP contribution in [0.5, 0.6) is 0 Å². The van der Waals surface area contributed by atoms with Crippen molar-refractivity contribution in [3.63, 3.8) is 0 Å². The van der Waals surface area contributed by atoms with Crippen LogP contribution in [0.3, 0.4) is 0 Å². The summed E-state index contributed by atoms with van der Waals surface area (Å²) in [4.78, 5) is 4.15. The third-order valence-electron chi connectivity index (χ3n) is 1.34. The molecule has 0 unspecified atom stereocenters. The molecule has 0 saturated carbocycles. The molecule has 0 fully saturated rings. The Bertz CT molecular complexity index is 225. The van der Waals surface area contributed by atoms with Crippen LogP contribution < -0.4 is 5.32 Å². The van der Waals surface area contributed by atoms with Crippen molar-refractivity contribution in [1.82, 2.24) is 4.98 Å². The topological polar surface area (TPSA) is 24.9 Å². The lowest BCUT2D eigenvalue weighted by Gasteiger charge is -2.02. The van der Waals surface area contributed by atoms with E-state index in [1.807, 2.05) is 12.1 Å². The van der Waals surface area contributed by atoms with Gasteiger partial charge in [0.15, 0.2) is 0 Å². The first-order valence-corrected chi connectivity index (χ1v) is 5.07. The highest BCUT2D eigenvalue weighted by molar-refractivity contribution is 9.10. The molecule has 1 aromatic rings. The average molecular weight is 250 g/mol. The van der Waals surface area contributed by atoms with E-state index in [1.54, 1.807) is 6.20 Å². The second kappa shape index (κ2) is 5.38. The van der Waals surface area contributed by atoms with Crippen molar-refractivity contribution in [3.05, 3.63) is 22.8 Å². The molecule has 0 saturated heterocycles. The van der Waals surface area contributed by atoms with Crippen LogP contribution in [0, 0.1) is 0 Å². The molecular formula is C8H10BrClN2. The predicted octanol–water partition coefficient (Wildman–Crippen LogP) is 2.88. The number of alkyl halides is 1. The third kappa shape index (κ3) is 3.41. The van der Waals surface area contributed by atoms with Gasteiger partial charge < -0.3 is 5.32 Å². The molecule has 0 radical (unpaired) electrons. The summed E-state index contributed by atoms with van der Waals surface area (Å²) in [5, 5.41) is 3.16. The van der Waals surface area contributed by atoms with Gasteiger partial charge in [-0.15, -0.1) is 11.6 Å². The van der Waals surface area contributed by atoms with E-state index in [2.05, 4.69) is 26.2 Å². The van der Waals surface area contributed by atoms with Crippen LogP contribution in [0.2, 0.25) is 0 Å². The summed E-state index contributed by atoms with van der Waals surface area (Å²) in [7, 11) is 0. The molecule has 1 aromatic heterocycles. The third-order valence-corrected chi connectivity index (χ3v) is 2.08. The van der Waals surface area contributed by atoms with Gasteiger partial charge in [-0.3, -0.25) is 0 Å². The van der Waals surface area contributed by atoms with Crippen LogP contribution in [0.25, 0.3) is 0 Å². The normalized spacial score (nSPS) is 9.83. The van der Waals surface area contributed by atoms with E-state index < -0.39 is 0 Å². The quantitative estimate of drug-likeness (QED) is 0.656. The molecule has 0 atom stereocenters.